The van der Waals surface area contributed by atoms with E-state index >= 15 is 0 Å². The van der Waals surface area contributed by atoms with Crippen LogP contribution in [0.1, 0.15) is 5.56 Å². The van der Waals surface area contributed by atoms with E-state index in [1.165, 1.54) is 21.6 Å². The molecule has 0 amide bonds. The molecule has 1 aromatic rings. The van der Waals surface area contributed by atoms with Crippen LogP contribution in [0, 0.1) is 0 Å². The fourth-order valence-electron chi connectivity index (χ4n) is 1.40. The van der Waals surface area contributed by atoms with Gasteiger partial charge in [-0.2, -0.15) is 0 Å². The largest absolute Gasteiger partial charge is 0.480 e. The molecule has 0 spiro atoms. The predicted octanol–water partition coefficient (Wildman–Crippen LogP) is 0.893. The van der Waals surface area contributed by atoms with Gasteiger partial charge < -0.3 is 21.3 Å². The Labute approximate surface area is 137 Å². The average molecular weight is 344 g/mol. The average Bonchev–Trinajstić information content (AvgIpc) is 2.51. The summed E-state index contributed by atoms with van der Waals surface area (Å²) in [5, 5.41) is 8.62. The van der Waals surface area contributed by atoms with Gasteiger partial charge in [0.1, 0.15) is 12.1 Å². The predicted molar refractivity (Wildman–Crippen MR) is 89.6 cm³/mol. The number of hydrogen-bond acceptors (Lipinski definition) is 7. The van der Waals surface area contributed by atoms with Crippen molar-refractivity contribution in [1.29, 1.82) is 0 Å². The monoisotopic (exact) mass is 344 g/mol. The minimum absolute atomic E-state index is 0.260. The maximum Gasteiger partial charge on any atom is 0.323 e. The summed E-state index contributed by atoms with van der Waals surface area (Å²) in [5.74, 6) is -0.888. The Morgan fingerprint density at radius 3 is 2.27 bits per heavy atom. The Morgan fingerprint density at radius 1 is 1.09 bits per heavy atom. The second-order valence-electron chi connectivity index (χ2n) is 4.52. The highest BCUT2D eigenvalue weighted by Crippen LogP contribution is 2.22. The van der Waals surface area contributed by atoms with Crippen LogP contribution in [-0.2, 0) is 20.7 Å². The summed E-state index contributed by atoms with van der Waals surface area (Å²) in [4.78, 5) is 22.2. The number of carbonyl (C=O) groups excluding carboxylic acids is 1. The van der Waals surface area contributed by atoms with Crippen LogP contribution in [0.2, 0.25) is 0 Å². The smallest absolute Gasteiger partial charge is 0.323 e. The lowest BCUT2D eigenvalue weighted by Gasteiger charge is -2.11. The molecule has 0 aliphatic heterocycles. The minimum atomic E-state index is -1.04. The van der Waals surface area contributed by atoms with Gasteiger partial charge in [-0.05, 0) is 5.56 Å². The van der Waals surface area contributed by atoms with Crippen molar-refractivity contribution in [2.45, 2.75) is 18.5 Å². The van der Waals surface area contributed by atoms with E-state index in [1.54, 1.807) is 0 Å². The Balaban J connectivity index is 2.13. The van der Waals surface area contributed by atoms with E-state index in [0.29, 0.717) is 12.2 Å². The zero-order valence-electron chi connectivity index (χ0n) is 12.0. The van der Waals surface area contributed by atoms with Crippen LogP contribution in [0.3, 0.4) is 0 Å². The molecule has 1 aromatic carbocycles. The number of carbonyl (C=O) groups is 2. The van der Waals surface area contributed by atoms with Gasteiger partial charge >= 0.3 is 11.9 Å². The molecule has 0 saturated heterocycles. The molecule has 22 heavy (non-hydrogen) atoms. The number of ether oxygens (including phenoxy) is 1. The molecule has 0 radical (unpaired) electrons. The first kappa shape index (κ1) is 18.8. The van der Waals surface area contributed by atoms with E-state index in [1.807, 2.05) is 30.3 Å². The third-order valence-corrected chi connectivity index (χ3v) is 5.15. The molecule has 122 valence electrons. The highest BCUT2D eigenvalue weighted by molar-refractivity contribution is 8.76. The molecule has 8 heteroatoms. The summed E-state index contributed by atoms with van der Waals surface area (Å²) in [7, 11) is 2.59. The summed E-state index contributed by atoms with van der Waals surface area (Å²) >= 11 is 0. The molecule has 2 atom stereocenters. The second-order valence-corrected chi connectivity index (χ2v) is 7.08. The number of hydrogen-bond donors (Lipinski definition) is 3. The topological polar surface area (TPSA) is 116 Å². The van der Waals surface area contributed by atoms with E-state index in [4.69, 9.17) is 21.3 Å². The molecule has 0 aromatic heterocycles. The molecule has 6 nitrogen and oxygen atoms in total. The molecule has 5 N–H and O–H groups in total. The fourth-order valence-corrected chi connectivity index (χ4v) is 3.62. The number of carboxylic acids is 1. The molecule has 0 fully saturated rings. The number of nitrogens with two attached hydrogens (primary N) is 2. The molecule has 0 aliphatic carbocycles. The summed E-state index contributed by atoms with van der Waals surface area (Å²) in [6.07, 6.45) is 0.647. The summed E-state index contributed by atoms with van der Waals surface area (Å²) in [6, 6.07) is 8.08. The van der Waals surface area contributed by atoms with Crippen molar-refractivity contribution in [2.24, 2.45) is 11.5 Å². The van der Waals surface area contributed by atoms with Gasteiger partial charge in [0.2, 0.25) is 0 Å². The quantitative estimate of drug-likeness (QED) is 0.326. The maximum absolute atomic E-state index is 11.7. The van der Waals surface area contributed by atoms with Crippen LogP contribution in [0.25, 0.3) is 0 Å². The summed E-state index contributed by atoms with van der Waals surface area (Å²) in [6.45, 7) is 0.290. The number of carboxylic acid groups (broad SMARTS) is 1. The van der Waals surface area contributed by atoms with Crippen LogP contribution in [-0.4, -0.2) is 47.2 Å². The second kappa shape index (κ2) is 10.5. The van der Waals surface area contributed by atoms with Gasteiger partial charge in [-0.15, -0.1) is 0 Å². The van der Waals surface area contributed by atoms with Crippen LogP contribution >= 0.6 is 21.6 Å². The van der Waals surface area contributed by atoms with E-state index < -0.39 is 24.0 Å². The van der Waals surface area contributed by atoms with Crippen LogP contribution in [0.4, 0.5) is 0 Å². The lowest BCUT2D eigenvalue weighted by molar-refractivity contribution is -0.144. The Bertz CT molecular complexity index is 473. The Morgan fingerprint density at radius 2 is 1.68 bits per heavy atom. The summed E-state index contributed by atoms with van der Waals surface area (Å²) < 4.78 is 5.12. The Kier molecular flexibility index (Phi) is 8.98. The van der Waals surface area contributed by atoms with Crippen molar-refractivity contribution in [1.82, 2.24) is 0 Å². The zero-order valence-corrected chi connectivity index (χ0v) is 13.6. The van der Waals surface area contributed by atoms with Gasteiger partial charge in [0.15, 0.2) is 0 Å². The minimum Gasteiger partial charge on any atom is -0.480 e. The Hall–Kier alpha value is -1.22. The molecular formula is C14H20N2O4S2. The van der Waals surface area contributed by atoms with E-state index in [-0.39, 0.29) is 12.4 Å². The van der Waals surface area contributed by atoms with Gasteiger partial charge in [0, 0.05) is 17.9 Å². The first-order valence-corrected chi connectivity index (χ1v) is 9.18. The number of esters is 1. The zero-order chi connectivity index (χ0) is 16.4. The lowest BCUT2D eigenvalue weighted by atomic mass is 10.2. The third kappa shape index (κ3) is 7.69. The van der Waals surface area contributed by atoms with Crippen molar-refractivity contribution in [3.05, 3.63) is 35.9 Å². The highest BCUT2D eigenvalue weighted by Gasteiger charge is 2.16. The number of benzene rings is 1. The van der Waals surface area contributed by atoms with Crippen molar-refractivity contribution in [3.8, 4) is 0 Å². The fraction of sp³-hybridized carbons (Fsp3) is 0.429. The van der Waals surface area contributed by atoms with E-state index in [9.17, 15) is 9.59 Å². The number of aliphatic carboxylic acids is 1. The van der Waals surface area contributed by atoms with Gasteiger partial charge in [0.25, 0.3) is 0 Å². The third-order valence-electron chi connectivity index (χ3n) is 2.68. The number of rotatable bonds is 10. The van der Waals surface area contributed by atoms with Gasteiger partial charge in [-0.25, -0.2) is 0 Å². The normalized spacial score (nSPS) is 13.4. The first-order chi connectivity index (χ1) is 10.5. The van der Waals surface area contributed by atoms with E-state index in [0.717, 1.165) is 5.56 Å². The van der Waals surface area contributed by atoms with Crippen molar-refractivity contribution in [2.75, 3.05) is 18.1 Å². The van der Waals surface area contributed by atoms with E-state index in [2.05, 4.69) is 0 Å². The van der Waals surface area contributed by atoms with Crippen molar-refractivity contribution in [3.63, 3.8) is 0 Å². The lowest BCUT2D eigenvalue weighted by Crippen LogP contribution is -2.35. The first-order valence-electron chi connectivity index (χ1n) is 6.69. The van der Waals surface area contributed by atoms with Crippen molar-refractivity contribution >= 4 is 33.5 Å². The molecule has 0 aliphatic rings. The SMILES string of the molecule is N[C@@H](CSSC[C@H](N)C(=O)OCCc1ccccc1)C(=O)O. The van der Waals surface area contributed by atoms with Crippen LogP contribution in [0.5, 0.6) is 0 Å². The standard InChI is InChI=1S/C14H20N2O4S2/c15-11(13(17)18)8-21-22-9-12(16)14(19)20-7-6-10-4-2-1-3-5-10/h1-5,11-12H,6-9,15-16H2,(H,17,18)/t11-,12-/m0/s1. The molecular weight excluding hydrogens is 324 g/mol. The van der Waals surface area contributed by atoms with Gasteiger partial charge in [-0.3, -0.25) is 9.59 Å². The molecule has 1 rings (SSSR count). The summed E-state index contributed by atoms with van der Waals surface area (Å²) in [5.41, 5.74) is 12.2. The van der Waals surface area contributed by atoms with Crippen LogP contribution in [0.15, 0.2) is 30.3 Å². The van der Waals surface area contributed by atoms with Gasteiger partial charge in [-0.1, -0.05) is 51.9 Å². The van der Waals surface area contributed by atoms with Gasteiger partial charge in [0.05, 0.1) is 6.61 Å². The van der Waals surface area contributed by atoms with Crippen molar-refractivity contribution < 1.29 is 19.4 Å². The highest BCUT2D eigenvalue weighted by atomic mass is 33.1. The molecule has 0 unspecified atom stereocenters. The molecule has 0 bridgehead atoms. The molecule has 0 heterocycles. The van der Waals surface area contributed by atoms with Crippen LogP contribution < -0.4 is 11.5 Å². The maximum atomic E-state index is 11.7. The molecule has 0 saturated carbocycles.